The number of benzene rings is 8. The van der Waals surface area contributed by atoms with E-state index in [9.17, 15) is 25.9 Å². The van der Waals surface area contributed by atoms with Crippen LogP contribution in [0, 0.1) is 0 Å². The molecule has 0 spiro atoms. The summed E-state index contributed by atoms with van der Waals surface area (Å²) in [6.07, 6.45) is 18.3. The standard InChI is InChI=1S/C28H28N2Si.2C24H16N2.2C6H16O3SSi.Ru/c1-4-7-20-10-12-22(13-11-20)26-19-23(9-6-18-31-3)30-28-25(26)15-14-24-21(8-5-2)16-17-29-27(24)28;2*1-3-7-17(8-4-1)19-13-15-25-23-21(19)11-12-22-20(14-16-26-24(22)23)18-9-5-2-6-10-18;2*1-11(2,3)6-4-5-10(7,8)9;/h4-5,10-17,19H,1-2,6-9,18H2,3H3;2*1-16H;2*4-6H2,1-3H3,(H,7,8,9);/q;;;;;+2/p-2. The Balaban J connectivity index is 0.000000161. The van der Waals surface area contributed by atoms with Crippen molar-refractivity contribution in [2.75, 3.05) is 11.5 Å². The number of aryl methyl sites for hydroxylation is 1. The summed E-state index contributed by atoms with van der Waals surface area (Å²) in [7, 11) is -9.29. The molecule has 0 aliphatic carbocycles. The second-order valence-electron chi connectivity index (χ2n) is 28.3. The van der Waals surface area contributed by atoms with Crippen LogP contribution in [0.2, 0.25) is 64.0 Å². The van der Waals surface area contributed by atoms with E-state index in [1.165, 1.54) is 84.6 Å². The van der Waals surface area contributed by atoms with Gasteiger partial charge in [0, 0.05) is 106 Å². The maximum absolute atomic E-state index is 10.2. The molecule has 0 bridgehead atoms. The van der Waals surface area contributed by atoms with Gasteiger partial charge in [0.15, 0.2) is 0 Å². The zero-order valence-corrected chi connectivity index (χ0v) is 67.7. The minimum Gasteiger partial charge on any atom is -0.748 e. The third kappa shape index (κ3) is 22.4. The molecule has 6 heterocycles. The summed E-state index contributed by atoms with van der Waals surface area (Å²) in [5, 5.41) is 6.84. The zero-order valence-electron chi connectivity index (χ0n) is 61.3. The van der Waals surface area contributed by atoms with Gasteiger partial charge in [0.2, 0.25) is 0 Å². The van der Waals surface area contributed by atoms with Crippen molar-refractivity contribution in [2.24, 2.45) is 0 Å². The van der Waals surface area contributed by atoms with Gasteiger partial charge >= 0.3 is 19.5 Å². The number of rotatable bonds is 21. The molecule has 0 N–H and O–H groups in total. The van der Waals surface area contributed by atoms with Crippen LogP contribution < -0.4 is 0 Å². The fourth-order valence-electron chi connectivity index (χ4n) is 12.8. The third-order valence-corrected chi connectivity index (χ3v) is 24.1. The first-order chi connectivity index (χ1) is 50.5. The molecule has 14 aromatic rings. The molecule has 0 saturated carbocycles. The van der Waals surface area contributed by atoms with Crippen LogP contribution in [0.15, 0.2) is 275 Å². The van der Waals surface area contributed by atoms with Gasteiger partial charge < -0.3 is 9.11 Å². The van der Waals surface area contributed by atoms with Crippen LogP contribution in [0.25, 0.3) is 121 Å². The number of pyridine rings is 6. The Morgan fingerprint density at radius 3 is 1.04 bits per heavy atom. The second-order valence-corrected chi connectivity index (χ2v) is 43.8. The zero-order chi connectivity index (χ0) is 74.6. The molecule has 0 aliphatic heterocycles. The van der Waals surface area contributed by atoms with Crippen LogP contribution in [-0.4, -0.2) is 93.0 Å². The van der Waals surface area contributed by atoms with Gasteiger partial charge in [0.05, 0.1) is 53.3 Å². The van der Waals surface area contributed by atoms with Crippen molar-refractivity contribution in [3.05, 3.63) is 292 Å². The van der Waals surface area contributed by atoms with E-state index in [-0.39, 0.29) is 31.0 Å². The van der Waals surface area contributed by atoms with Gasteiger partial charge in [0.1, 0.15) is 0 Å². The summed E-state index contributed by atoms with van der Waals surface area (Å²) in [5.74, 6) is -0.394. The van der Waals surface area contributed by atoms with E-state index in [4.69, 9.17) is 9.97 Å². The summed E-state index contributed by atoms with van der Waals surface area (Å²) in [5.41, 5.74) is 21.4. The molecule has 14 rings (SSSR count). The molecule has 6 aromatic heterocycles. The fraction of sp³-hybridized carbons (Fsp3) is 0.205. The minimum atomic E-state index is -3.97. The Morgan fingerprint density at radius 1 is 0.387 bits per heavy atom. The number of hydrogen-bond donors (Lipinski definition) is 0. The summed E-state index contributed by atoms with van der Waals surface area (Å²) >= 11 is 0. The van der Waals surface area contributed by atoms with Gasteiger partial charge in [-0.1, -0.05) is 265 Å². The van der Waals surface area contributed by atoms with Gasteiger partial charge in [-0.25, -0.2) is 16.8 Å². The molecule has 0 unspecified atom stereocenters. The Kier molecular flexibility index (Phi) is 28.9. The van der Waals surface area contributed by atoms with Crippen molar-refractivity contribution in [3.8, 4) is 55.6 Å². The molecule has 8 aromatic carbocycles. The van der Waals surface area contributed by atoms with Gasteiger partial charge in [-0.3, -0.25) is 29.9 Å². The van der Waals surface area contributed by atoms with Gasteiger partial charge in [0.25, 0.3) is 0 Å². The maximum atomic E-state index is 10.2. The van der Waals surface area contributed by atoms with E-state index in [0.29, 0.717) is 12.8 Å². The Bertz CT molecular complexity index is 5080. The van der Waals surface area contributed by atoms with Gasteiger partial charge in [-0.2, -0.15) is 0 Å². The molecule has 0 saturated heterocycles. The monoisotopic (exact) mass is 1580 g/mol. The Hall–Kier alpha value is -9.21. The van der Waals surface area contributed by atoms with Gasteiger partial charge in [-0.15, -0.1) is 13.2 Å². The van der Waals surface area contributed by atoms with Crippen LogP contribution in [0.3, 0.4) is 0 Å². The molecule has 0 fully saturated rings. The van der Waals surface area contributed by atoms with E-state index in [0.717, 1.165) is 107 Å². The molecule has 0 amide bonds. The summed E-state index contributed by atoms with van der Waals surface area (Å²) in [4.78, 5) is 28.5. The van der Waals surface area contributed by atoms with Crippen molar-refractivity contribution in [1.29, 1.82) is 0 Å². The van der Waals surface area contributed by atoms with E-state index in [2.05, 4.69) is 273 Å². The van der Waals surface area contributed by atoms with Crippen molar-refractivity contribution < 1.29 is 45.4 Å². The third-order valence-electron chi connectivity index (χ3n) is 17.9. The van der Waals surface area contributed by atoms with Crippen molar-refractivity contribution in [3.63, 3.8) is 0 Å². The quantitative estimate of drug-likeness (QED) is 0.0218. The van der Waals surface area contributed by atoms with Crippen molar-refractivity contribution in [1.82, 2.24) is 29.9 Å². The number of fused-ring (bicyclic) bond motifs is 9. The normalized spacial score (nSPS) is 11.5. The summed E-state index contributed by atoms with van der Waals surface area (Å²) in [6, 6.07) is 79.4. The maximum Gasteiger partial charge on any atom is 2.00 e. The minimum absolute atomic E-state index is 0. The smallest absolute Gasteiger partial charge is 0.748 e. The number of aromatic nitrogens is 6. The number of nitrogens with zero attached hydrogens (tertiary/aromatic N) is 6. The first-order valence-electron chi connectivity index (χ1n) is 35.6. The van der Waals surface area contributed by atoms with Crippen molar-refractivity contribution in [2.45, 2.75) is 102 Å². The molecule has 18 heteroatoms. The molecule has 540 valence electrons. The molecule has 106 heavy (non-hydrogen) atoms. The predicted molar refractivity (Wildman–Crippen MR) is 446 cm³/mol. The van der Waals surface area contributed by atoms with Crippen molar-refractivity contribution >= 4 is 111 Å². The topological polar surface area (TPSA) is 192 Å². The fourth-order valence-corrected chi connectivity index (χ4v) is 17.4. The van der Waals surface area contributed by atoms with Gasteiger partial charge in [-0.05, 0) is 135 Å². The predicted octanol–water partition coefficient (Wildman–Crippen LogP) is 21.8. The van der Waals surface area contributed by atoms with E-state index < -0.39 is 36.4 Å². The van der Waals surface area contributed by atoms with E-state index in [1.54, 1.807) is 0 Å². The van der Waals surface area contributed by atoms with Crippen LogP contribution in [0.5, 0.6) is 0 Å². The largest absolute Gasteiger partial charge is 2.00 e. The first kappa shape index (κ1) is 80.9. The Labute approximate surface area is 642 Å². The molecule has 12 nitrogen and oxygen atoms in total. The van der Waals surface area contributed by atoms with Crippen LogP contribution in [-0.2, 0) is 59.0 Å². The molecule has 2 radical (unpaired) electrons. The first-order valence-corrected chi connectivity index (χ1v) is 47.8. The summed E-state index contributed by atoms with van der Waals surface area (Å²) in [6.45, 7) is 23.0. The van der Waals surface area contributed by atoms with Crippen LogP contribution in [0.4, 0.5) is 0 Å². The average molecular weight is 1580 g/mol. The SMILES string of the molecule is C=CCc1ccc(-c2cc(CCC[Si]C)nc3c2ccc2c(CC=C)ccnc23)cc1.C[Si](C)(C)CCCS(=O)(=O)[O-].C[Si](C)(C)CCCS(=O)(=O)[O-].[Ru+2].c1ccc(-c2ccnc3c2ccc2c(-c4ccccc4)ccnc23)cc1.c1ccc(-c2ccnc3c2ccc2c(-c4ccccc4)ccnc23)cc1. The van der Waals surface area contributed by atoms with E-state index in [1.807, 2.05) is 67.4 Å². The molecule has 0 atom stereocenters. The average Bonchev–Trinajstić information content (AvgIpc) is 0.808. The Morgan fingerprint density at radius 2 is 0.708 bits per heavy atom. The molecular formula is C88H90N6O6RuS2Si3. The number of allylic oxidation sites excluding steroid dienone is 2. The van der Waals surface area contributed by atoms with Crippen LogP contribution >= 0.6 is 0 Å². The van der Waals surface area contributed by atoms with Crippen LogP contribution in [0.1, 0.15) is 36.1 Å². The number of hydrogen-bond acceptors (Lipinski definition) is 12. The van der Waals surface area contributed by atoms with E-state index >= 15 is 0 Å². The summed E-state index contributed by atoms with van der Waals surface area (Å²) < 4.78 is 61.1. The molecular weight excluding hydrogens is 1490 g/mol. The second kappa shape index (κ2) is 37.9. The molecule has 0 aliphatic rings.